The lowest BCUT2D eigenvalue weighted by Gasteiger charge is -2.16. The Morgan fingerprint density at radius 3 is 2.71 bits per heavy atom. The fraction of sp³-hybridized carbons (Fsp3) is 0.238. The van der Waals surface area contributed by atoms with E-state index in [9.17, 15) is 4.79 Å². The van der Waals surface area contributed by atoms with Crippen LogP contribution in [0.2, 0.25) is 0 Å². The van der Waals surface area contributed by atoms with Gasteiger partial charge >= 0.3 is 5.97 Å². The number of carbonyl (C=O) groups excluding carboxylic acids is 1. The van der Waals surface area contributed by atoms with Crippen LogP contribution in [0.3, 0.4) is 0 Å². The average Bonchev–Trinajstić information content (AvgIpc) is 2.99. The monoisotopic (exact) mass is 555 g/mol. The van der Waals surface area contributed by atoms with E-state index in [-0.39, 0.29) is 17.7 Å². The molecule has 0 N–H and O–H groups in total. The zero-order valence-corrected chi connectivity index (χ0v) is 19.4. The first-order valence-corrected chi connectivity index (χ1v) is 10.7. The molecule has 0 unspecified atom stereocenters. The van der Waals surface area contributed by atoms with Crippen molar-refractivity contribution in [2.24, 2.45) is 4.99 Å². The molecule has 0 bridgehead atoms. The Bertz CT molecular complexity index is 969. The molecule has 1 heterocycles. The summed E-state index contributed by atoms with van der Waals surface area (Å²) in [5, 5.41) is 0. The van der Waals surface area contributed by atoms with Gasteiger partial charge in [0.15, 0.2) is 17.2 Å². The number of carbonyl (C=O) groups is 1. The van der Waals surface area contributed by atoms with Gasteiger partial charge in [-0.1, -0.05) is 12.1 Å². The van der Waals surface area contributed by atoms with E-state index in [2.05, 4.69) is 43.5 Å². The van der Waals surface area contributed by atoms with Gasteiger partial charge in [-0.25, -0.2) is 9.79 Å². The van der Waals surface area contributed by atoms with Crippen molar-refractivity contribution in [3.05, 3.63) is 61.3 Å². The Kier molecular flexibility index (Phi) is 6.77. The van der Waals surface area contributed by atoms with E-state index in [0.29, 0.717) is 18.1 Å². The molecular formula is C21H19BrINO4. The second kappa shape index (κ2) is 9.09. The van der Waals surface area contributed by atoms with Crippen molar-refractivity contribution in [3.63, 3.8) is 0 Å². The van der Waals surface area contributed by atoms with Crippen LogP contribution in [0.25, 0.3) is 6.08 Å². The summed E-state index contributed by atoms with van der Waals surface area (Å²) in [6.07, 6.45) is 1.72. The second-order valence-corrected chi connectivity index (χ2v) is 8.26. The Morgan fingerprint density at radius 1 is 1.29 bits per heavy atom. The molecule has 28 heavy (non-hydrogen) atoms. The van der Waals surface area contributed by atoms with Gasteiger partial charge in [-0.3, -0.25) is 0 Å². The summed E-state index contributed by atoms with van der Waals surface area (Å²) >= 11 is 5.66. The highest BCUT2D eigenvalue weighted by atomic mass is 127. The van der Waals surface area contributed by atoms with E-state index in [0.717, 1.165) is 19.2 Å². The molecule has 0 aromatic heterocycles. The normalized spacial score (nSPS) is 15.0. The van der Waals surface area contributed by atoms with Crippen molar-refractivity contribution >= 4 is 56.5 Å². The van der Waals surface area contributed by atoms with Crippen LogP contribution in [0.15, 0.2) is 51.6 Å². The summed E-state index contributed by atoms with van der Waals surface area (Å²) in [6.45, 7) is 6.36. The van der Waals surface area contributed by atoms with E-state index >= 15 is 0 Å². The summed E-state index contributed by atoms with van der Waals surface area (Å²) in [4.78, 5) is 16.7. The summed E-state index contributed by atoms with van der Waals surface area (Å²) < 4.78 is 18.7. The lowest BCUT2D eigenvalue weighted by atomic mass is 10.1. The van der Waals surface area contributed by atoms with Crippen LogP contribution in [0.5, 0.6) is 11.5 Å². The maximum Gasteiger partial charge on any atom is 0.363 e. The Morgan fingerprint density at radius 2 is 2.04 bits per heavy atom. The number of hydrogen-bond acceptors (Lipinski definition) is 5. The highest BCUT2D eigenvalue weighted by molar-refractivity contribution is 14.1. The molecule has 3 rings (SSSR count). The van der Waals surface area contributed by atoms with Crippen LogP contribution in [-0.2, 0) is 9.53 Å². The fourth-order valence-corrected chi connectivity index (χ4v) is 3.81. The van der Waals surface area contributed by atoms with Crippen molar-refractivity contribution in [3.8, 4) is 11.5 Å². The minimum absolute atomic E-state index is 0.0261. The van der Waals surface area contributed by atoms with Gasteiger partial charge in [0.05, 0.1) is 21.8 Å². The standard InChI is InChI=1S/C21H19BrINO4/c1-4-26-18-11-13(9-16(23)19(18)27-12(2)3)10-17-21(25)28-20(24-17)14-7-5-6-8-15(14)22/h5-12H,4H2,1-3H3/b17-10-. The SMILES string of the molecule is CCOc1cc(/C=C2\N=C(c3ccccc3Br)OC2=O)cc(I)c1OC(C)C. The first-order valence-electron chi connectivity index (χ1n) is 8.79. The fourth-order valence-electron chi connectivity index (χ4n) is 2.60. The number of cyclic esters (lactones) is 1. The molecule has 146 valence electrons. The van der Waals surface area contributed by atoms with Gasteiger partial charge < -0.3 is 14.2 Å². The van der Waals surface area contributed by atoms with E-state index in [4.69, 9.17) is 14.2 Å². The van der Waals surface area contributed by atoms with Gasteiger partial charge in [-0.05, 0) is 95.2 Å². The molecule has 0 amide bonds. The number of ether oxygens (including phenoxy) is 3. The molecular weight excluding hydrogens is 537 g/mol. The maximum atomic E-state index is 12.3. The largest absolute Gasteiger partial charge is 0.490 e. The molecule has 0 saturated carbocycles. The minimum Gasteiger partial charge on any atom is -0.490 e. The van der Waals surface area contributed by atoms with Gasteiger partial charge in [0.2, 0.25) is 5.90 Å². The first kappa shape index (κ1) is 20.9. The number of esters is 1. The molecule has 0 saturated heterocycles. The van der Waals surface area contributed by atoms with Crippen LogP contribution < -0.4 is 9.47 Å². The van der Waals surface area contributed by atoms with Crippen molar-refractivity contribution in [2.75, 3.05) is 6.61 Å². The van der Waals surface area contributed by atoms with Crippen LogP contribution >= 0.6 is 38.5 Å². The topological polar surface area (TPSA) is 57.1 Å². The third kappa shape index (κ3) is 4.75. The highest BCUT2D eigenvalue weighted by Crippen LogP contribution is 2.36. The highest BCUT2D eigenvalue weighted by Gasteiger charge is 2.25. The summed E-state index contributed by atoms with van der Waals surface area (Å²) in [6, 6.07) is 11.2. The number of halogens is 2. The molecule has 5 nitrogen and oxygen atoms in total. The minimum atomic E-state index is -0.485. The molecule has 7 heteroatoms. The Labute approximate surface area is 186 Å². The average molecular weight is 556 g/mol. The molecule has 1 aliphatic heterocycles. The van der Waals surface area contributed by atoms with Gasteiger partial charge in [0.1, 0.15) is 0 Å². The van der Waals surface area contributed by atoms with E-state index < -0.39 is 5.97 Å². The predicted octanol–water partition coefficient (Wildman–Crippen LogP) is 5.58. The van der Waals surface area contributed by atoms with Crippen LogP contribution in [0, 0.1) is 3.57 Å². The molecule has 0 aliphatic carbocycles. The third-order valence-electron chi connectivity index (χ3n) is 3.71. The zero-order chi connectivity index (χ0) is 20.3. The quantitative estimate of drug-likeness (QED) is 0.265. The van der Waals surface area contributed by atoms with Gasteiger partial charge in [-0.2, -0.15) is 0 Å². The molecule has 0 fully saturated rings. The lowest BCUT2D eigenvalue weighted by molar-refractivity contribution is -0.129. The van der Waals surface area contributed by atoms with E-state index in [1.54, 1.807) is 6.08 Å². The smallest absolute Gasteiger partial charge is 0.363 e. The number of rotatable bonds is 6. The van der Waals surface area contributed by atoms with Gasteiger partial charge in [-0.15, -0.1) is 0 Å². The number of nitrogens with zero attached hydrogens (tertiary/aromatic N) is 1. The molecule has 2 aromatic rings. The van der Waals surface area contributed by atoms with Gasteiger partial charge in [0.25, 0.3) is 0 Å². The second-order valence-electron chi connectivity index (χ2n) is 6.25. The number of aliphatic imine (C=N–C) groups is 1. The van der Waals surface area contributed by atoms with Crippen LogP contribution in [-0.4, -0.2) is 24.6 Å². The zero-order valence-electron chi connectivity index (χ0n) is 15.7. The predicted molar refractivity (Wildman–Crippen MR) is 121 cm³/mol. The summed E-state index contributed by atoms with van der Waals surface area (Å²) in [5.41, 5.74) is 1.75. The first-order chi connectivity index (χ1) is 13.4. The molecule has 0 spiro atoms. The van der Waals surface area contributed by atoms with Gasteiger partial charge in [0, 0.05) is 4.47 Å². The van der Waals surface area contributed by atoms with Crippen molar-refractivity contribution in [1.82, 2.24) is 0 Å². The van der Waals surface area contributed by atoms with Crippen LogP contribution in [0.4, 0.5) is 0 Å². The Balaban J connectivity index is 1.98. The molecule has 0 atom stereocenters. The van der Waals surface area contributed by atoms with Crippen molar-refractivity contribution in [1.29, 1.82) is 0 Å². The maximum absolute atomic E-state index is 12.3. The van der Waals surface area contributed by atoms with E-state index in [1.807, 2.05) is 57.2 Å². The molecule has 1 aliphatic rings. The summed E-state index contributed by atoms with van der Waals surface area (Å²) in [5.74, 6) is 1.13. The number of benzene rings is 2. The molecule has 0 radical (unpaired) electrons. The van der Waals surface area contributed by atoms with Crippen molar-refractivity contribution < 1.29 is 19.0 Å². The van der Waals surface area contributed by atoms with E-state index in [1.165, 1.54) is 0 Å². The van der Waals surface area contributed by atoms with Crippen LogP contribution in [0.1, 0.15) is 31.9 Å². The molecule has 2 aromatic carbocycles. The summed E-state index contributed by atoms with van der Waals surface area (Å²) in [7, 11) is 0. The Hall–Kier alpha value is -1.87. The third-order valence-corrected chi connectivity index (χ3v) is 5.21. The number of hydrogen-bond donors (Lipinski definition) is 0. The van der Waals surface area contributed by atoms with Crippen molar-refractivity contribution in [2.45, 2.75) is 26.9 Å². The lowest BCUT2D eigenvalue weighted by Crippen LogP contribution is -2.09.